The maximum atomic E-state index is 14.9. The molecule has 2 N–H and O–H groups in total. The minimum Gasteiger partial charge on any atom is -0.476 e. The molecule has 1 unspecified atom stereocenters. The number of hydrogen-bond donors (Lipinski definition) is 2. The molecular formula is C40H41FN6O2S2. The lowest BCUT2D eigenvalue weighted by atomic mass is 10.00. The van der Waals surface area contributed by atoms with Crippen molar-refractivity contribution in [2.24, 2.45) is 5.92 Å². The van der Waals surface area contributed by atoms with Gasteiger partial charge < -0.3 is 15.3 Å². The molecule has 0 aliphatic carbocycles. The van der Waals surface area contributed by atoms with Crippen molar-refractivity contribution in [1.82, 2.24) is 20.2 Å². The van der Waals surface area contributed by atoms with Crippen LogP contribution in [-0.2, 0) is 19.3 Å². The summed E-state index contributed by atoms with van der Waals surface area (Å²) in [4.78, 5) is 24.2. The number of hydrogen-bond acceptors (Lipinski definition) is 9. The molecule has 0 spiro atoms. The monoisotopic (exact) mass is 720 g/mol. The Hall–Kier alpha value is -4.84. The Kier molecular flexibility index (Phi) is 11.9. The molecule has 0 radical (unpaired) electrons. The Morgan fingerprint density at radius 2 is 1.94 bits per heavy atom. The molecule has 2 aromatic carbocycles. The third-order valence-corrected chi connectivity index (χ3v) is 11.2. The van der Waals surface area contributed by atoms with Crippen molar-refractivity contribution in [3.8, 4) is 24.2 Å². The number of carboxylic acid groups (broad SMARTS) is 1. The van der Waals surface area contributed by atoms with E-state index in [1.54, 1.807) is 11.3 Å². The zero-order valence-electron chi connectivity index (χ0n) is 29.0. The van der Waals surface area contributed by atoms with Gasteiger partial charge in [-0.3, -0.25) is 0 Å². The molecule has 4 heterocycles. The quantitative estimate of drug-likeness (QED) is 0.0864. The van der Waals surface area contributed by atoms with Crippen LogP contribution in [0, 0.1) is 42.8 Å². The number of para-hydroxylation sites is 1. The van der Waals surface area contributed by atoms with Gasteiger partial charge in [-0.15, -0.1) is 33.9 Å². The Bertz CT molecular complexity index is 2090. The van der Waals surface area contributed by atoms with E-state index < -0.39 is 5.97 Å². The third kappa shape index (κ3) is 8.91. The molecule has 0 amide bonds. The predicted molar refractivity (Wildman–Crippen MR) is 205 cm³/mol. The van der Waals surface area contributed by atoms with E-state index in [9.17, 15) is 14.3 Å². The molecule has 0 saturated heterocycles. The molecular weight excluding hydrogens is 680 g/mol. The molecule has 1 aliphatic rings. The van der Waals surface area contributed by atoms with E-state index >= 15 is 0 Å². The van der Waals surface area contributed by atoms with E-state index in [2.05, 4.69) is 50.2 Å². The topological polar surface area (TPSA) is 104 Å². The summed E-state index contributed by atoms with van der Waals surface area (Å²) < 4.78 is 16.0. The van der Waals surface area contributed by atoms with Crippen molar-refractivity contribution >= 4 is 60.8 Å². The van der Waals surface area contributed by atoms with Crippen LogP contribution in [0.4, 0.5) is 26.3 Å². The predicted octanol–water partition coefficient (Wildman–Crippen LogP) is 9.65. The SMILES string of the molecule is C#CCCCCC(C)CC#Cc1ccc(CCCCc2sc(N3CCCc4c3nnc(Nc3nc5ccccc5s3)c4C)nc2C(=O)O)c(F)c1. The zero-order valence-corrected chi connectivity index (χ0v) is 30.6. The first-order valence-electron chi connectivity index (χ1n) is 17.5. The number of aromatic nitrogens is 4. The van der Waals surface area contributed by atoms with Crippen LogP contribution in [0.3, 0.4) is 0 Å². The molecule has 5 aromatic rings. The van der Waals surface area contributed by atoms with Gasteiger partial charge in [0.15, 0.2) is 27.6 Å². The van der Waals surface area contributed by atoms with Crippen LogP contribution in [0.25, 0.3) is 10.2 Å². The van der Waals surface area contributed by atoms with Crippen LogP contribution in [0.5, 0.6) is 0 Å². The minimum atomic E-state index is -1.05. The first-order chi connectivity index (χ1) is 24.8. The summed E-state index contributed by atoms with van der Waals surface area (Å²) >= 11 is 2.95. The molecule has 0 saturated carbocycles. The fourth-order valence-corrected chi connectivity index (χ4v) is 8.27. The number of fused-ring (bicyclic) bond motifs is 2. The number of benzene rings is 2. The smallest absolute Gasteiger partial charge is 0.355 e. The van der Waals surface area contributed by atoms with Crippen LogP contribution >= 0.6 is 22.7 Å². The summed E-state index contributed by atoms with van der Waals surface area (Å²) in [5, 5.41) is 23.8. The summed E-state index contributed by atoms with van der Waals surface area (Å²) in [6, 6.07) is 13.2. The van der Waals surface area contributed by atoms with Gasteiger partial charge in [0.2, 0.25) is 0 Å². The van der Waals surface area contributed by atoms with E-state index in [1.807, 2.05) is 48.2 Å². The highest BCUT2D eigenvalue weighted by molar-refractivity contribution is 7.22. The van der Waals surface area contributed by atoms with Crippen molar-refractivity contribution in [1.29, 1.82) is 0 Å². The number of aryl methyl sites for hydroxylation is 2. The van der Waals surface area contributed by atoms with Crippen molar-refractivity contribution in [2.45, 2.75) is 84.5 Å². The van der Waals surface area contributed by atoms with Crippen LogP contribution in [0.15, 0.2) is 42.5 Å². The molecule has 1 aliphatic heterocycles. The average Bonchev–Trinajstić information content (AvgIpc) is 3.74. The van der Waals surface area contributed by atoms with Crippen molar-refractivity contribution in [3.05, 3.63) is 81.1 Å². The van der Waals surface area contributed by atoms with Crippen LogP contribution in [0.2, 0.25) is 0 Å². The number of nitrogens with zero attached hydrogens (tertiary/aromatic N) is 5. The van der Waals surface area contributed by atoms with Gasteiger partial charge in [-0.05, 0) is 94.0 Å². The number of anilines is 4. The van der Waals surface area contributed by atoms with Gasteiger partial charge in [-0.25, -0.2) is 19.2 Å². The molecule has 0 fully saturated rings. The normalized spacial score (nSPS) is 12.9. The van der Waals surface area contributed by atoms with Crippen LogP contribution in [0.1, 0.15) is 95.9 Å². The number of halogens is 1. The van der Waals surface area contributed by atoms with E-state index in [0.717, 1.165) is 71.4 Å². The lowest BCUT2D eigenvalue weighted by Gasteiger charge is -2.28. The van der Waals surface area contributed by atoms with Gasteiger partial charge in [0.05, 0.1) is 10.2 Å². The highest BCUT2D eigenvalue weighted by atomic mass is 32.1. The molecule has 3 aromatic heterocycles. The van der Waals surface area contributed by atoms with Crippen molar-refractivity contribution in [3.63, 3.8) is 0 Å². The number of thiazole rings is 2. The summed E-state index contributed by atoms with van der Waals surface area (Å²) in [5.41, 5.74) is 4.37. The number of carboxylic acids is 1. The average molecular weight is 721 g/mol. The Balaban J connectivity index is 1.06. The van der Waals surface area contributed by atoms with Gasteiger partial charge >= 0.3 is 5.97 Å². The largest absolute Gasteiger partial charge is 0.476 e. The van der Waals surface area contributed by atoms with Gasteiger partial charge in [0.1, 0.15) is 5.82 Å². The summed E-state index contributed by atoms with van der Waals surface area (Å²) in [7, 11) is 0. The maximum absolute atomic E-state index is 14.9. The fourth-order valence-electron chi connectivity index (χ4n) is 6.28. The summed E-state index contributed by atoms with van der Waals surface area (Å²) in [6.45, 7) is 4.88. The molecule has 11 heteroatoms. The number of aromatic carboxylic acids is 1. The zero-order chi connectivity index (χ0) is 35.7. The highest BCUT2D eigenvalue weighted by Crippen LogP contribution is 2.39. The number of terminal acetylenes is 1. The Morgan fingerprint density at radius 3 is 2.75 bits per heavy atom. The van der Waals surface area contributed by atoms with Gasteiger partial charge in [-0.1, -0.05) is 54.7 Å². The molecule has 262 valence electrons. The van der Waals surface area contributed by atoms with Crippen molar-refractivity contribution < 1.29 is 14.3 Å². The fraction of sp³-hybridized carbons (Fsp3) is 0.375. The highest BCUT2D eigenvalue weighted by Gasteiger charge is 2.28. The molecule has 6 rings (SSSR count). The van der Waals surface area contributed by atoms with Gasteiger partial charge in [0.25, 0.3) is 0 Å². The van der Waals surface area contributed by atoms with E-state index in [-0.39, 0.29) is 11.5 Å². The van der Waals surface area contributed by atoms with Crippen LogP contribution < -0.4 is 10.2 Å². The third-order valence-electron chi connectivity index (χ3n) is 9.13. The van der Waals surface area contributed by atoms with Gasteiger partial charge in [0, 0.05) is 41.0 Å². The lowest BCUT2D eigenvalue weighted by molar-refractivity contribution is 0.0690. The summed E-state index contributed by atoms with van der Waals surface area (Å²) in [6.07, 6.45) is 14.4. The molecule has 1 atom stereocenters. The lowest BCUT2D eigenvalue weighted by Crippen LogP contribution is -2.27. The Labute approximate surface area is 306 Å². The Morgan fingerprint density at radius 1 is 1.10 bits per heavy atom. The van der Waals surface area contributed by atoms with E-state index in [1.165, 1.54) is 17.4 Å². The standard InChI is InChI=1S/C40H41FN6O2S2/c1-4-5-6-7-14-26(2)15-12-16-28-22-23-29(31(41)25-28)17-8-10-21-34-35(38(48)49)43-40(51-34)47-24-13-18-30-27(3)36(45-46-37(30)47)44-39-42-32-19-9-11-20-33(32)50-39/h1,9,11,19-20,22-23,25-26H,5-8,10,13-15,17-18,21,24H2,2-3H3,(H,48,49)(H,42,44,45). The number of nitrogens with one attached hydrogen (secondary N) is 1. The van der Waals surface area contributed by atoms with Crippen LogP contribution in [-0.4, -0.2) is 37.8 Å². The van der Waals surface area contributed by atoms with E-state index in [0.29, 0.717) is 70.9 Å². The minimum absolute atomic E-state index is 0.0666. The summed E-state index contributed by atoms with van der Waals surface area (Å²) in [5.74, 6) is 9.52. The molecule has 0 bridgehead atoms. The van der Waals surface area contributed by atoms with Gasteiger partial charge in [-0.2, -0.15) is 0 Å². The second-order valence-corrected chi connectivity index (χ2v) is 15.1. The maximum Gasteiger partial charge on any atom is 0.355 e. The number of carbonyl (C=O) groups is 1. The van der Waals surface area contributed by atoms with E-state index in [4.69, 9.17) is 6.42 Å². The second-order valence-electron chi connectivity index (χ2n) is 13.0. The number of rotatable bonds is 14. The molecule has 8 nitrogen and oxygen atoms in total. The second kappa shape index (κ2) is 16.9. The van der Waals surface area contributed by atoms with Crippen molar-refractivity contribution in [2.75, 3.05) is 16.8 Å². The molecule has 51 heavy (non-hydrogen) atoms. The first kappa shape index (κ1) is 36.0. The number of unbranched alkanes of at least 4 members (excludes halogenated alkanes) is 3. The first-order valence-corrected chi connectivity index (χ1v) is 19.1.